The molecule has 0 saturated carbocycles. The van der Waals surface area contributed by atoms with Crippen LogP contribution in [0.15, 0.2) is 54.6 Å². The Hall–Kier alpha value is -3.00. The normalized spacial score (nSPS) is 11.6. The molecule has 1 aromatic heterocycles. The number of para-hydroxylation sites is 1. The number of benzene rings is 2. The van der Waals surface area contributed by atoms with Crippen molar-refractivity contribution in [3.63, 3.8) is 0 Å². The standard InChI is InChI=1S/C20H23N5O2S/c1-14(28-13-12-27-17-10-8-16(26-2)9-11-17)18-23-19(21)25-20(24-18)22-15-6-4-3-5-7-15/h3-11,14H,12-13H2,1-2H3,(H3,21,22,23,24,25). The van der Waals surface area contributed by atoms with Crippen molar-refractivity contribution in [1.29, 1.82) is 0 Å². The highest BCUT2D eigenvalue weighted by molar-refractivity contribution is 7.99. The SMILES string of the molecule is COc1ccc(OCCSC(C)c2nc(N)nc(Nc3ccccc3)n2)cc1. The first-order valence-corrected chi connectivity index (χ1v) is 9.91. The van der Waals surface area contributed by atoms with Crippen LogP contribution in [0.1, 0.15) is 18.0 Å². The van der Waals surface area contributed by atoms with Crippen LogP contribution >= 0.6 is 11.8 Å². The number of nitrogen functional groups attached to an aromatic ring is 1. The predicted molar refractivity (Wildman–Crippen MR) is 113 cm³/mol. The number of anilines is 3. The van der Waals surface area contributed by atoms with E-state index in [1.54, 1.807) is 18.9 Å². The molecule has 0 spiro atoms. The Kier molecular flexibility index (Phi) is 6.91. The summed E-state index contributed by atoms with van der Waals surface area (Å²) >= 11 is 1.69. The second-order valence-corrected chi connectivity index (χ2v) is 7.35. The number of hydrogen-bond acceptors (Lipinski definition) is 8. The first-order chi connectivity index (χ1) is 13.6. The lowest BCUT2D eigenvalue weighted by Crippen LogP contribution is -2.09. The molecule has 1 heterocycles. The van der Waals surface area contributed by atoms with Crippen molar-refractivity contribution in [1.82, 2.24) is 15.0 Å². The second kappa shape index (κ2) is 9.80. The average molecular weight is 398 g/mol. The molecule has 3 N–H and O–H groups in total. The molecule has 28 heavy (non-hydrogen) atoms. The fourth-order valence-electron chi connectivity index (χ4n) is 2.43. The molecule has 7 nitrogen and oxygen atoms in total. The van der Waals surface area contributed by atoms with Gasteiger partial charge in [0.15, 0.2) is 0 Å². The van der Waals surface area contributed by atoms with E-state index < -0.39 is 0 Å². The van der Waals surface area contributed by atoms with Gasteiger partial charge in [0.25, 0.3) is 0 Å². The van der Waals surface area contributed by atoms with Crippen molar-refractivity contribution < 1.29 is 9.47 Å². The number of thioether (sulfide) groups is 1. The molecule has 3 aromatic rings. The third-order valence-electron chi connectivity index (χ3n) is 3.84. The fourth-order valence-corrected chi connectivity index (χ4v) is 3.22. The van der Waals surface area contributed by atoms with Gasteiger partial charge in [-0.05, 0) is 43.3 Å². The van der Waals surface area contributed by atoms with E-state index in [1.807, 2.05) is 61.5 Å². The van der Waals surface area contributed by atoms with Gasteiger partial charge in [-0.25, -0.2) is 0 Å². The van der Waals surface area contributed by atoms with Gasteiger partial charge in [0, 0.05) is 11.4 Å². The number of nitrogens with zero attached hydrogens (tertiary/aromatic N) is 3. The maximum Gasteiger partial charge on any atom is 0.232 e. The van der Waals surface area contributed by atoms with Gasteiger partial charge in [-0.15, -0.1) is 11.8 Å². The molecule has 0 aliphatic carbocycles. The van der Waals surface area contributed by atoms with Crippen molar-refractivity contribution in [2.75, 3.05) is 30.5 Å². The number of methoxy groups -OCH3 is 1. The van der Waals surface area contributed by atoms with Gasteiger partial charge in [0.05, 0.1) is 19.0 Å². The molecule has 1 unspecified atom stereocenters. The predicted octanol–water partition coefficient (Wildman–Crippen LogP) is 4.08. The van der Waals surface area contributed by atoms with E-state index in [0.717, 1.165) is 22.9 Å². The van der Waals surface area contributed by atoms with Gasteiger partial charge in [-0.1, -0.05) is 18.2 Å². The van der Waals surface area contributed by atoms with Crippen molar-refractivity contribution in [2.24, 2.45) is 0 Å². The topological polar surface area (TPSA) is 95.2 Å². The maximum atomic E-state index is 5.86. The number of rotatable bonds is 9. The molecule has 2 aromatic carbocycles. The number of ether oxygens (including phenoxy) is 2. The van der Waals surface area contributed by atoms with Gasteiger partial charge in [-0.2, -0.15) is 15.0 Å². The summed E-state index contributed by atoms with van der Waals surface area (Å²) in [6.07, 6.45) is 0. The van der Waals surface area contributed by atoms with Crippen LogP contribution in [0.4, 0.5) is 17.6 Å². The molecule has 0 aliphatic rings. The van der Waals surface area contributed by atoms with Crippen LogP contribution in [-0.2, 0) is 0 Å². The fraction of sp³-hybridized carbons (Fsp3) is 0.250. The van der Waals surface area contributed by atoms with E-state index >= 15 is 0 Å². The van der Waals surface area contributed by atoms with Gasteiger partial charge in [-0.3, -0.25) is 0 Å². The molecule has 3 rings (SSSR count). The third kappa shape index (κ3) is 5.75. The maximum absolute atomic E-state index is 5.86. The van der Waals surface area contributed by atoms with Crippen LogP contribution in [-0.4, -0.2) is 34.4 Å². The van der Waals surface area contributed by atoms with Crippen LogP contribution in [0, 0.1) is 0 Å². The molecule has 0 fully saturated rings. The summed E-state index contributed by atoms with van der Waals surface area (Å²) in [5, 5.41) is 3.21. The summed E-state index contributed by atoms with van der Waals surface area (Å²) in [6.45, 7) is 2.62. The summed E-state index contributed by atoms with van der Waals surface area (Å²) in [6, 6.07) is 17.2. The number of nitrogens with one attached hydrogen (secondary N) is 1. The Balaban J connectivity index is 1.52. The molecule has 0 saturated heterocycles. The molecule has 146 valence electrons. The summed E-state index contributed by atoms with van der Waals surface area (Å²) in [7, 11) is 1.64. The highest BCUT2D eigenvalue weighted by Gasteiger charge is 2.13. The summed E-state index contributed by atoms with van der Waals surface area (Å²) in [4.78, 5) is 12.9. The quantitative estimate of drug-likeness (QED) is 0.522. The minimum Gasteiger partial charge on any atom is -0.497 e. The Labute approximate surface area is 168 Å². The molecule has 0 amide bonds. The number of nitrogens with two attached hydrogens (primary N) is 1. The van der Waals surface area contributed by atoms with Gasteiger partial charge < -0.3 is 20.5 Å². The summed E-state index contributed by atoms with van der Waals surface area (Å²) in [5.74, 6) is 3.69. The monoisotopic (exact) mass is 397 g/mol. The van der Waals surface area contributed by atoms with Crippen LogP contribution in [0.3, 0.4) is 0 Å². The zero-order chi connectivity index (χ0) is 19.8. The largest absolute Gasteiger partial charge is 0.497 e. The van der Waals surface area contributed by atoms with E-state index in [-0.39, 0.29) is 11.2 Å². The summed E-state index contributed by atoms with van der Waals surface area (Å²) in [5.41, 5.74) is 6.75. The van der Waals surface area contributed by atoms with Crippen LogP contribution in [0.2, 0.25) is 0 Å². The third-order valence-corrected chi connectivity index (χ3v) is 4.96. The molecule has 0 aliphatic heterocycles. The first-order valence-electron chi connectivity index (χ1n) is 8.86. The lowest BCUT2D eigenvalue weighted by Gasteiger charge is -2.13. The van der Waals surface area contributed by atoms with E-state index in [4.69, 9.17) is 15.2 Å². The van der Waals surface area contributed by atoms with E-state index in [9.17, 15) is 0 Å². The average Bonchev–Trinajstić information content (AvgIpc) is 2.72. The smallest absolute Gasteiger partial charge is 0.232 e. The van der Waals surface area contributed by atoms with Crippen molar-refractivity contribution >= 4 is 29.3 Å². The minimum absolute atomic E-state index is 0.0566. The first kappa shape index (κ1) is 19.8. The Morgan fingerprint density at radius 1 is 1.00 bits per heavy atom. The lowest BCUT2D eigenvalue weighted by molar-refractivity contribution is 0.342. The van der Waals surface area contributed by atoms with E-state index in [2.05, 4.69) is 20.3 Å². The Morgan fingerprint density at radius 2 is 1.71 bits per heavy atom. The van der Waals surface area contributed by atoms with Gasteiger partial charge >= 0.3 is 0 Å². The molecular formula is C20H23N5O2S. The van der Waals surface area contributed by atoms with Gasteiger partial charge in [0.2, 0.25) is 11.9 Å². The van der Waals surface area contributed by atoms with Crippen LogP contribution in [0.25, 0.3) is 0 Å². The Bertz CT molecular complexity index is 878. The zero-order valence-electron chi connectivity index (χ0n) is 15.8. The molecule has 8 heteroatoms. The van der Waals surface area contributed by atoms with Crippen molar-refractivity contribution in [3.05, 3.63) is 60.4 Å². The minimum atomic E-state index is 0.0566. The molecule has 1 atom stereocenters. The lowest BCUT2D eigenvalue weighted by atomic mass is 10.3. The molecular weight excluding hydrogens is 374 g/mol. The zero-order valence-corrected chi connectivity index (χ0v) is 16.6. The van der Waals surface area contributed by atoms with E-state index in [0.29, 0.717) is 18.4 Å². The second-order valence-electron chi connectivity index (χ2n) is 5.90. The van der Waals surface area contributed by atoms with Gasteiger partial charge in [0.1, 0.15) is 17.3 Å². The molecule has 0 radical (unpaired) electrons. The van der Waals surface area contributed by atoms with Crippen LogP contribution in [0.5, 0.6) is 11.5 Å². The van der Waals surface area contributed by atoms with Crippen molar-refractivity contribution in [2.45, 2.75) is 12.2 Å². The Morgan fingerprint density at radius 3 is 2.43 bits per heavy atom. The number of hydrogen-bond donors (Lipinski definition) is 2. The number of aromatic nitrogens is 3. The van der Waals surface area contributed by atoms with Crippen LogP contribution < -0.4 is 20.5 Å². The highest BCUT2D eigenvalue weighted by atomic mass is 32.2. The van der Waals surface area contributed by atoms with Crippen molar-refractivity contribution in [3.8, 4) is 11.5 Å². The molecule has 0 bridgehead atoms. The summed E-state index contributed by atoms with van der Waals surface area (Å²) < 4.78 is 10.9. The highest BCUT2D eigenvalue weighted by Crippen LogP contribution is 2.27. The van der Waals surface area contributed by atoms with E-state index in [1.165, 1.54) is 0 Å².